The molecule has 2 fully saturated rings. The molecule has 0 radical (unpaired) electrons. The third-order valence-electron chi connectivity index (χ3n) is 3.61. The first-order chi connectivity index (χ1) is 8.63. The summed E-state index contributed by atoms with van der Waals surface area (Å²) in [6.07, 6.45) is 0.471. The summed E-state index contributed by atoms with van der Waals surface area (Å²) in [4.78, 5) is 11.2. The van der Waals surface area contributed by atoms with Crippen molar-refractivity contribution in [2.75, 3.05) is 13.7 Å². The van der Waals surface area contributed by atoms with Gasteiger partial charge in [0, 0.05) is 6.42 Å². The molecule has 0 bridgehead atoms. The normalized spacial score (nSPS) is 40.1. The number of aliphatic hydroxyl groups excluding tert-OH is 2. The van der Waals surface area contributed by atoms with Crippen molar-refractivity contribution in [3.63, 3.8) is 0 Å². The van der Waals surface area contributed by atoms with Crippen LogP contribution in [0.25, 0.3) is 0 Å². The predicted molar refractivity (Wildman–Crippen MR) is 60.9 cm³/mol. The molecule has 2 aliphatic rings. The summed E-state index contributed by atoms with van der Waals surface area (Å²) < 4.78 is 16.0. The maximum Gasteiger partial charge on any atom is 0.308 e. The van der Waals surface area contributed by atoms with Crippen molar-refractivity contribution in [3.8, 4) is 0 Å². The lowest BCUT2D eigenvalue weighted by Crippen LogP contribution is -2.53. The van der Waals surface area contributed by atoms with E-state index >= 15 is 0 Å². The Balaban J connectivity index is 1.88. The standard InChI is InChI=1S/C12H20O6/c1-16-12(15)4-7-2-3-9-10(17-7)5-8(14)11(6-13)18-9/h7-11,13-14H,2-6H2,1H3/t7?,8-,9-,10+,11-/m0/s1. The summed E-state index contributed by atoms with van der Waals surface area (Å²) in [6, 6.07) is 0. The van der Waals surface area contributed by atoms with E-state index in [2.05, 4.69) is 4.74 Å². The fourth-order valence-corrected chi connectivity index (χ4v) is 2.59. The maximum absolute atomic E-state index is 11.2. The van der Waals surface area contributed by atoms with Crippen LogP contribution in [0.3, 0.4) is 0 Å². The number of hydrogen-bond acceptors (Lipinski definition) is 6. The molecule has 2 heterocycles. The molecule has 2 saturated heterocycles. The Morgan fingerprint density at radius 1 is 1.33 bits per heavy atom. The zero-order valence-electron chi connectivity index (χ0n) is 10.4. The average Bonchev–Trinajstić information content (AvgIpc) is 2.37. The second-order valence-corrected chi connectivity index (χ2v) is 4.85. The van der Waals surface area contributed by atoms with Crippen LogP contribution in [-0.4, -0.2) is 60.4 Å². The Labute approximate surface area is 106 Å². The van der Waals surface area contributed by atoms with E-state index in [4.69, 9.17) is 14.6 Å². The molecule has 2 aliphatic heterocycles. The second-order valence-electron chi connectivity index (χ2n) is 4.85. The molecule has 0 aromatic rings. The molecule has 0 aromatic carbocycles. The minimum atomic E-state index is -0.715. The number of esters is 1. The lowest BCUT2D eigenvalue weighted by Gasteiger charge is -2.43. The molecule has 0 aliphatic carbocycles. The monoisotopic (exact) mass is 260 g/mol. The third-order valence-corrected chi connectivity index (χ3v) is 3.61. The van der Waals surface area contributed by atoms with Gasteiger partial charge in [0.2, 0.25) is 0 Å². The van der Waals surface area contributed by atoms with Crippen molar-refractivity contribution < 1.29 is 29.2 Å². The molecule has 2 rings (SSSR count). The molecule has 1 unspecified atom stereocenters. The summed E-state index contributed by atoms with van der Waals surface area (Å²) in [5.74, 6) is -0.288. The Morgan fingerprint density at radius 3 is 2.78 bits per heavy atom. The third kappa shape index (κ3) is 3.00. The van der Waals surface area contributed by atoms with E-state index < -0.39 is 12.2 Å². The number of carbonyl (C=O) groups excluding carboxylic acids is 1. The minimum absolute atomic E-state index is 0.0977. The Bertz CT molecular complexity index is 294. The first-order valence-electron chi connectivity index (χ1n) is 6.30. The molecule has 6 heteroatoms. The molecule has 104 valence electrons. The Hall–Kier alpha value is -0.690. The summed E-state index contributed by atoms with van der Waals surface area (Å²) in [5.41, 5.74) is 0. The molecule has 18 heavy (non-hydrogen) atoms. The van der Waals surface area contributed by atoms with Crippen LogP contribution in [-0.2, 0) is 19.0 Å². The number of methoxy groups -OCH3 is 1. The van der Waals surface area contributed by atoms with Crippen LogP contribution >= 0.6 is 0 Å². The van der Waals surface area contributed by atoms with E-state index in [0.717, 1.165) is 12.8 Å². The van der Waals surface area contributed by atoms with Gasteiger partial charge in [-0.05, 0) is 12.8 Å². The van der Waals surface area contributed by atoms with E-state index in [9.17, 15) is 9.90 Å². The summed E-state index contributed by atoms with van der Waals surface area (Å²) in [5, 5.41) is 18.8. The van der Waals surface area contributed by atoms with Crippen LogP contribution in [0.5, 0.6) is 0 Å². The quantitative estimate of drug-likeness (QED) is 0.672. The van der Waals surface area contributed by atoms with E-state index in [-0.39, 0.29) is 37.3 Å². The molecule has 2 N–H and O–H groups in total. The van der Waals surface area contributed by atoms with Crippen molar-refractivity contribution >= 4 is 5.97 Å². The van der Waals surface area contributed by atoms with Crippen molar-refractivity contribution in [2.45, 2.75) is 56.2 Å². The van der Waals surface area contributed by atoms with Gasteiger partial charge in [-0.25, -0.2) is 0 Å². The zero-order valence-corrected chi connectivity index (χ0v) is 10.4. The summed E-state index contributed by atoms with van der Waals surface area (Å²) >= 11 is 0. The van der Waals surface area contributed by atoms with Gasteiger partial charge in [-0.2, -0.15) is 0 Å². The van der Waals surface area contributed by atoms with Gasteiger partial charge >= 0.3 is 5.97 Å². The van der Waals surface area contributed by atoms with Gasteiger partial charge in [0.05, 0.1) is 44.6 Å². The fraction of sp³-hybridized carbons (Fsp3) is 0.917. The second kappa shape index (κ2) is 5.97. The highest BCUT2D eigenvalue weighted by molar-refractivity contribution is 5.69. The first kappa shape index (κ1) is 13.7. The first-order valence-corrected chi connectivity index (χ1v) is 6.30. The lowest BCUT2D eigenvalue weighted by molar-refractivity contribution is -0.226. The van der Waals surface area contributed by atoms with Crippen LogP contribution in [0.15, 0.2) is 0 Å². The summed E-state index contributed by atoms with van der Waals surface area (Å²) in [7, 11) is 1.35. The van der Waals surface area contributed by atoms with Gasteiger partial charge in [-0.1, -0.05) is 0 Å². The smallest absolute Gasteiger partial charge is 0.308 e. The molecule has 6 nitrogen and oxygen atoms in total. The van der Waals surface area contributed by atoms with Gasteiger partial charge in [-0.15, -0.1) is 0 Å². The predicted octanol–water partition coefficient (Wildman–Crippen LogP) is -0.392. The van der Waals surface area contributed by atoms with Crippen molar-refractivity contribution in [1.82, 2.24) is 0 Å². The van der Waals surface area contributed by atoms with Crippen LogP contribution in [0, 0.1) is 0 Å². The number of hydrogen-bond donors (Lipinski definition) is 2. The average molecular weight is 260 g/mol. The number of carbonyl (C=O) groups is 1. The van der Waals surface area contributed by atoms with E-state index in [1.165, 1.54) is 7.11 Å². The van der Waals surface area contributed by atoms with Gasteiger partial charge in [0.1, 0.15) is 6.10 Å². The highest BCUT2D eigenvalue weighted by atomic mass is 16.6. The summed E-state index contributed by atoms with van der Waals surface area (Å²) in [6.45, 7) is -0.185. The van der Waals surface area contributed by atoms with Crippen molar-refractivity contribution in [3.05, 3.63) is 0 Å². The number of aliphatic hydroxyl groups is 2. The highest BCUT2D eigenvalue weighted by Crippen LogP contribution is 2.32. The minimum Gasteiger partial charge on any atom is -0.469 e. The van der Waals surface area contributed by atoms with Crippen LogP contribution in [0.4, 0.5) is 0 Å². The van der Waals surface area contributed by atoms with Gasteiger partial charge < -0.3 is 24.4 Å². The largest absolute Gasteiger partial charge is 0.469 e. The zero-order chi connectivity index (χ0) is 13.1. The number of fused-ring (bicyclic) bond motifs is 1. The Kier molecular flexibility index (Phi) is 4.55. The maximum atomic E-state index is 11.2. The van der Waals surface area contributed by atoms with Crippen LogP contribution < -0.4 is 0 Å². The SMILES string of the molecule is COC(=O)CC1CC[C@@H]2O[C@@H](CO)[C@@H](O)C[C@H]2O1. The highest BCUT2D eigenvalue weighted by Gasteiger charge is 2.41. The van der Waals surface area contributed by atoms with Crippen LogP contribution in [0.1, 0.15) is 25.7 Å². The number of rotatable bonds is 3. The van der Waals surface area contributed by atoms with Gasteiger partial charge in [0.15, 0.2) is 0 Å². The van der Waals surface area contributed by atoms with Gasteiger partial charge in [0.25, 0.3) is 0 Å². The van der Waals surface area contributed by atoms with E-state index in [1.807, 2.05) is 0 Å². The van der Waals surface area contributed by atoms with E-state index in [0.29, 0.717) is 6.42 Å². The molecule has 0 saturated carbocycles. The molecular formula is C12H20O6. The fourth-order valence-electron chi connectivity index (χ4n) is 2.59. The van der Waals surface area contributed by atoms with Gasteiger partial charge in [-0.3, -0.25) is 4.79 Å². The molecule has 0 aromatic heterocycles. The topological polar surface area (TPSA) is 85.2 Å². The van der Waals surface area contributed by atoms with Crippen molar-refractivity contribution in [2.24, 2.45) is 0 Å². The lowest BCUT2D eigenvalue weighted by atomic mass is 9.91. The number of ether oxygens (including phenoxy) is 3. The van der Waals surface area contributed by atoms with Crippen molar-refractivity contribution in [1.29, 1.82) is 0 Å². The molecular weight excluding hydrogens is 240 g/mol. The Morgan fingerprint density at radius 2 is 2.11 bits per heavy atom. The van der Waals surface area contributed by atoms with Crippen LogP contribution in [0.2, 0.25) is 0 Å². The van der Waals surface area contributed by atoms with E-state index in [1.54, 1.807) is 0 Å². The molecule has 0 amide bonds. The molecule has 5 atom stereocenters. The molecule has 0 spiro atoms.